The largest absolute Gasteiger partial charge is 0.379 e. The molecule has 2 aliphatic heterocycles. The highest BCUT2D eigenvalue weighted by molar-refractivity contribution is 7.87. The zero-order valence-corrected chi connectivity index (χ0v) is 21.7. The quantitative estimate of drug-likeness (QED) is 0.256. The fraction of sp³-hybridized carbons (Fsp3) is 0.133. The molecule has 0 aliphatic carbocycles. The van der Waals surface area contributed by atoms with Gasteiger partial charge in [-0.25, -0.2) is 9.96 Å². The number of carbonyl (C=O) groups is 2. The van der Waals surface area contributed by atoms with Crippen molar-refractivity contribution < 1.29 is 27.0 Å². The number of carbonyl (C=O) groups excluding carboxylic acids is 2. The summed E-state index contributed by atoms with van der Waals surface area (Å²) in [6.45, 7) is 1.85. The lowest BCUT2D eigenvalue weighted by molar-refractivity contribution is -0.126. The third-order valence-corrected chi connectivity index (χ3v) is 8.20. The molecule has 0 unspecified atom stereocenters. The maximum absolute atomic E-state index is 13.8. The van der Waals surface area contributed by atoms with E-state index in [1.54, 1.807) is 47.5 Å². The standard InChI is InChI=1S/C30H24N2O6S/c1-20-10-8-9-15-25(20)31-29(33)26-27(32(37-28(26)30(31)34)22-11-4-2-5-12-22)21-16-18-23(19-17-21)38-39(35,36)24-13-6-3-7-14-24/h2-19,26-28H,1H3/t26-,27-,28-/m1/s1. The van der Waals surface area contributed by atoms with Gasteiger partial charge in [-0.05, 0) is 60.5 Å². The topological polar surface area (TPSA) is 93.2 Å². The minimum absolute atomic E-state index is 0.0442. The van der Waals surface area contributed by atoms with Crippen molar-refractivity contribution in [3.8, 4) is 5.75 Å². The summed E-state index contributed by atoms with van der Waals surface area (Å²) < 4.78 is 30.7. The first-order chi connectivity index (χ1) is 18.8. The molecule has 2 fully saturated rings. The highest BCUT2D eigenvalue weighted by atomic mass is 32.2. The predicted molar refractivity (Wildman–Crippen MR) is 144 cm³/mol. The Morgan fingerprint density at radius 3 is 2.03 bits per heavy atom. The maximum atomic E-state index is 13.8. The summed E-state index contributed by atoms with van der Waals surface area (Å²) in [6.07, 6.45) is -1.00. The number of hydroxylamine groups is 1. The summed E-state index contributed by atoms with van der Waals surface area (Å²) in [5.74, 6) is -1.46. The van der Waals surface area contributed by atoms with Gasteiger partial charge in [-0.3, -0.25) is 14.4 Å². The van der Waals surface area contributed by atoms with Gasteiger partial charge in [0, 0.05) is 0 Å². The van der Waals surface area contributed by atoms with E-state index < -0.39 is 34.1 Å². The van der Waals surface area contributed by atoms with Gasteiger partial charge in [0.1, 0.15) is 16.6 Å². The molecule has 9 heteroatoms. The summed E-state index contributed by atoms with van der Waals surface area (Å²) >= 11 is 0. The van der Waals surface area contributed by atoms with Crippen molar-refractivity contribution in [1.82, 2.24) is 0 Å². The Hall–Kier alpha value is -4.47. The fourth-order valence-corrected chi connectivity index (χ4v) is 6.04. The molecule has 4 aromatic rings. The van der Waals surface area contributed by atoms with Crippen molar-refractivity contribution in [2.45, 2.75) is 24.0 Å². The second kappa shape index (κ2) is 9.68. The van der Waals surface area contributed by atoms with Crippen LogP contribution in [-0.4, -0.2) is 26.3 Å². The Morgan fingerprint density at radius 1 is 0.744 bits per heavy atom. The van der Waals surface area contributed by atoms with Crippen LogP contribution < -0.4 is 14.1 Å². The minimum atomic E-state index is -4.01. The number of hydrogen-bond acceptors (Lipinski definition) is 7. The van der Waals surface area contributed by atoms with Crippen molar-refractivity contribution in [3.63, 3.8) is 0 Å². The van der Waals surface area contributed by atoms with Crippen molar-refractivity contribution in [1.29, 1.82) is 0 Å². The molecular formula is C30H24N2O6S. The van der Waals surface area contributed by atoms with E-state index in [1.807, 2.05) is 49.4 Å². The molecule has 0 spiro atoms. The number of anilines is 2. The molecule has 6 rings (SSSR count). The van der Waals surface area contributed by atoms with Crippen LogP contribution in [0, 0.1) is 12.8 Å². The van der Waals surface area contributed by atoms with Crippen molar-refractivity contribution in [3.05, 3.63) is 120 Å². The number of benzene rings is 4. The number of rotatable bonds is 6. The lowest BCUT2D eigenvalue weighted by Crippen LogP contribution is -2.37. The number of para-hydroxylation sites is 2. The smallest absolute Gasteiger partial charge is 0.339 e. The van der Waals surface area contributed by atoms with Crippen molar-refractivity contribution in [2.24, 2.45) is 5.92 Å². The summed E-state index contributed by atoms with van der Waals surface area (Å²) in [5.41, 5.74) is 2.69. The van der Waals surface area contributed by atoms with E-state index in [0.717, 1.165) is 5.56 Å². The predicted octanol–water partition coefficient (Wildman–Crippen LogP) is 4.81. The van der Waals surface area contributed by atoms with E-state index in [0.29, 0.717) is 16.9 Å². The van der Waals surface area contributed by atoms with Gasteiger partial charge in [0.05, 0.1) is 17.4 Å². The van der Waals surface area contributed by atoms with Crippen LogP contribution in [0.4, 0.5) is 11.4 Å². The minimum Gasteiger partial charge on any atom is -0.379 e. The molecular weight excluding hydrogens is 516 g/mol. The van der Waals surface area contributed by atoms with E-state index in [1.165, 1.54) is 29.2 Å². The highest BCUT2D eigenvalue weighted by Crippen LogP contribution is 2.48. The van der Waals surface area contributed by atoms with Crippen LogP contribution >= 0.6 is 0 Å². The molecule has 4 aromatic carbocycles. The zero-order valence-electron chi connectivity index (χ0n) is 20.9. The van der Waals surface area contributed by atoms with E-state index in [4.69, 9.17) is 9.02 Å². The molecule has 2 saturated heterocycles. The van der Waals surface area contributed by atoms with Gasteiger partial charge in [-0.2, -0.15) is 8.42 Å². The van der Waals surface area contributed by atoms with Gasteiger partial charge in [0.2, 0.25) is 5.91 Å². The number of imide groups is 1. The van der Waals surface area contributed by atoms with Crippen LogP contribution in [0.5, 0.6) is 5.75 Å². The SMILES string of the molecule is Cc1ccccc1N1C(=O)[C@@H]2[C@@H](c3ccc(OS(=O)(=O)c4ccccc4)cc3)N(c3ccccc3)O[C@H]2C1=O. The molecule has 3 atom stereocenters. The molecule has 0 bridgehead atoms. The van der Waals surface area contributed by atoms with Gasteiger partial charge < -0.3 is 4.18 Å². The zero-order chi connectivity index (χ0) is 27.1. The molecule has 0 saturated carbocycles. The van der Waals surface area contributed by atoms with Crippen LogP contribution in [0.25, 0.3) is 0 Å². The third kappa shape index (κ3) is 4.35. The molecule has 39 heavy (non-hydrogen) atoms. The second-order valence-corrected chi connectivity index (χ2v) is 10.9. The van der Waals surface area contributed by atoms with Gasteiger partial charge in [0.15, 0.2) is 6.10 Å². The number of nitrogens with zero attached hydrogens (tertiary/aromatic N) is 2. The normalized spacial score (nSPS) is 20.8. The molecule has 2 heterocycles. The summed E-state index contributed by atoms with van der Waals surface area (Å²) in [7, 11) is -4.01. The lowest BCUT2D eigenvalue weighted by atomic mass is 9.90. The maximum Gasteiger partial charge on any atom is 0.339 e. The highest BCUT2D eigenvalue weighted by Gasteiger charge is 2.60. The Balaban J connectivity index is 1.35. The van der Waals surface area contributed by atoms with Gasteiger partial charge >= 0.3 is 10.1 Å². The third-order valence-electron chi connectivity index (χ3n) is 6.94. The van der Waals surface area contributed by atoms with Crippen LogP contribution in [0.3, 0.4) is 0 Å². The molecule has 2 aliphatic rings. The Kier molecular flexibility index (Phi) is 6.17. The van der Waals surface area contributed by atoms with E-state index in [9.17, 15) is 18.0 Å². The van der Waals surface area contributed by atoms with Gasteiger partial charge in [0.25, 0.3) is 5.91 Å². The number of aryl methyl sites for hydroxylation is 1. The second-order valence-electron chi connectivity index (χ2n) is 9.38. The lowest BCUT2D eigenvalue weighted by Gasteiger charge is -2.29. The first-order valence-electron chi connectivity index (χ1n) is 12.4. The average Bonchev–Trinajstić information content (AvgIpc) is 3.46. The van der Waals surface area contributed by atoms with Crippen LogP contribution in [-0.2, 0) is 24.5 Å². The Morgan fingerprint density at radius 2 is 1.36 bits per heavy atom. The van der Waals surface area contributed by atoms with E-state index >= 15 is 0 Å². The molecule has 2 amide bonds. The van der Waals surface area contributed by atoms with Crippen LogP contribution in [0.1, 0.15) is 17.2 Å². The molecule has 196 valence electrons. The Labute approximate surface area is 226 Å². The number of hydrogen-bond donors (Lipinski definition) is 0. The first kappa shape index (κ1) is 24.8. The average molecular weight is 541 g/mol. The van der Waals surface area contributed by atoms with Gasteiger partial charge in [-0.15, -0.1) is 0 Å². The molecule has 0 N–H and O–H groups in total. The van der Waals surface area contributed by atoms with Crippen molar-refractivity contribution in [2.75, 3.05) is 9.96 Å². The molecule has 0 radical (unpaired) electrons. The number of fused-ring (bicyclic) bond motifs is 1. The monoisotopic (exact) mass is 540 g/mol. The van der Waals surface area contributed by atoms with E-state index in [2.05, 4.69) is 0 Å². The number of amides is 2. The summed E-state index contributed by atoms with van der Waals surface area (Å²) in [5, 5.41) is 1.59. The molecule has 8 nitrogen and oxygen atoms in total. The van der Waals surface area contributed by atoms with E-state index in [-0.39, 0.29) is 16.6 Å². The molecule has 0 aromatic heterocycles. The fourth-order valence-electron chi connectivity index (χ4n) is 5.09. The van der Waals surface area contributed by atoms with Crippen LogP contribution in [0.15, 0.2) is 114 Å². The first-order valence-corrected chi connectivity index (χ1v) is 13.8. The van der Waals surface area contributed by atoms with Crippen molar-refractivity contribution >= 4 is 33.3 Å². The summed E-state index contributed by atoms with van der Waals surface area (Å²) in [6, 6.07) is 30.2. The summed E-state index contributed by atoms with van der Waals surface area (Å²) in [4.78, 5) is 34.8. The Bertz CT molecular complexity index is 1640. The van der Waals surface area contributed by atoms with Crippen LogP contribution in [0.2, 0.25) is 0 Å². The van der Waals surface area contributed by atoms with Gasteiger partial charge in [-0.1, -0.05) is 66.7 Å².